The van der Waals surface area contributed by atoms with Crippen molar-refractivity contribution in [3.05, 3.63) is 29.8 Å². The van der Waals surface area contributed by atoms with Gasteiger partial charge >= 0.3 is 12.1 Å². The van der Waals surface area contributed by atoms with E-state index in [4.69, 9.17) is 5.11 Å². The monoisotopic (exact) mass is 404 g/mol. The van der Waals surface area contributed by atoms with Crippen LogP contribution in [0.25, 0.3) is 0 Å². The van der Waals surface area contributed by atoms with Crippen molar-refractivity contribution in [2.75, 3.05) is 10.7 Å². The summed E-state index contributed by atoms with van der Waals surface area (Å²) in [7, 11) is 0. The Kier molecular flexibility index (Phi) is 6.14. The fourth-order valence-electron chi connectivity index (χ4n) is 2.53. The van der Waals surface area contributed by atoms with Gasteiger partial charge in [0.2, 0.25) is 17.7 Å². The van der Waals surface area contributed by atoms with Crippen molar-refractivity contribution in [2.24, 2.45) is 0 Å². The zero-order valence-electron chi connectivity index (χ0n) is 13.9. The number of benzene rings is 1. The van der Waals surface area contributed by atoms with Crippen LogP contribution in [0, 0.1) is 0 Å². The number of alkyl halides is 3. The predicted molar refractivity (Wildman–Crippen MR) is 90.0 cm³/mol. The molecule has 1 aliphatic heterocycles. The van der Waals surface area contributed by atoms with Crippen LogP contribution in [-0.4, -0.2) is 45.8 Å². The number of amides is 3. The summed E-state index contributed by atoms with van der Waals surface area (Å²) in [5, 5.41) is 10.2. The van der Waals surface area contributed by atoms with Crippen LogP contribution in [0.1, 0.15) is 18.9 Å². The lowest BCUT2D eigenvalue weighted by molar-refractivity contribution is -0.141. The lowest BCUT2D eigenvalue weighted by Gasteiger charge is -2.20. The molecular formula is C16H15F3N2O5S. The molecule has 0 aliphatic carbocycles. The number of hydrogen-bond acceptors (Lipinski definition) is 5. The van der Waals surface area contributed by atoms with Crippen LogP contribution < -0.4 is 10.2 Å². The second kappa shape index (κ2) is 7.99. The Morgan fingerprint density at radius 1 is 1.33 bits per heavy atom. The molecule has 11 heteroatoms. The predicted octanol–water partition coefficient (Wildman–Crippen LogP) is 1.66. The first-order valence-corrected chi connectivity index (χ1v) is 8.71. The summed E-state index contributed by atoms with van der Waals surface area (Å²) in [6.45, 7) is 1.13. The van der Waals surface area contributed by atoms with Gasteiger partial charge in [0.05, 0.1) is 16.5 Å². The number of aliphatic carboxylic acids is 1. The topological polar surface area (TPSA) is 104 Å². The van der Waals surface area contributed by atoms with Crippen LogP contribution in [0.2, 0.25) is 0 Å². The van der Waals surface area contributed by atoms with E-state index < -0.39 is 52.4 Å². The first kappa shape index (κ1) is 20.7. The van der Waals surface area contributed by atoms with Gasteiger partial charge in [-0.2, -0.15) is 13.2 Å². The molecule has 0 aromatic heterocycles. The van der Waals surface area contributed by atoms with Gasteiger partial charge in [0.15, 0.2) is 0 Å². The SMILES string of the molecule is CC(=O)NC(CSC1CC(=O)N(c2ccccc2C(F)(F)F)C1=O)C(=O)O. The van der Waals surface area contributed by atoms with Crippen molar-refractivity contribution in [3.8, 4) is 0 Å². The number of nitrogens with one attached hydrogen (secondary N) is 1. The number of para-hydroxylation sites is 1. The third kappa shape index (κ3) is 4.79. The highest BCUT2D eigenvalue weighted by Gasteiger charge is 2.44. The van der Waals surface area contributed by atoms with E-state index in [0.29, 0.717) is 4.90 Å². The Hall–Kier alpha value is -2.56. The van der Waals surface area contributed by atoms with Crippen LogP contribution in [0.5, 0.6) is 0 Å². The molecule has 1 saturated heterocycles. The van der Waals surface area contributed by atoms with E-state index >= 15 is 0 Å². The lowest BCUT2D eigenvalue weighted by Crippen LogP contribution is -2.42. The Labute approximate surface area is 155 Å². The highest BCUT2D eigenvalue weighted by molar-refractivity contribution is 8.00. The molecular weight excluding hydrogens is 389 g/mol. The molecule has 0 spiro atoms. The molecule has 2 unspecified atom stereocenters. The minimum absolute atomic E-state index is 0.215. The quantitative estimate of drug-likeness (QED) is 0.699. The van der Waals surface area contributed by atoms with Crippen molar-refractivity contribution < 1.29 is 37.5 Å². The summed E-state index contributed by atoms with van der Waals surface area (Å²) >= 11 is 0.797. The first-order chi connectivity index (χ1) is 12.5. The molecule has 146 valence electrons. The number of rotatable bonds is 6. The molecule has 1 heterocycles. The zero-order valence-corrected chi connectivity index (χ0v) is 14.8. The maximum absolute atomic E-state index is 13.2. The number of carboxylic acids is 1. The van der Waals surface area contributed by atoms with Crippen molar-refractivity contribution in [1.29, 1.82) is 0 Å². The zero-order chi connectivity index (χ0) is 20.4. The van der Waals surface area contributed by atoms with Crippen LogP contribution in [0.3, 0.4) is 0 Å². The van der Waals surface area contributed by atoms with Gasteiger partial charge in [-0.15, -0.1) is 11.8 Å². The van der Waals surface area contributed by atoms with Crippen LogP contribution >= 0.6 is 11.8 Å². The van der Waals surface area contributed by atoms with Crippen molar-refractivity contribution in [3.63, 3.8) is 0 Å². The Morgan fingerprint density at radius 3 is 2.52 bits per heavy atom. The summed E-state index contributed by atoms with van der Waals surface area (Å²) in [6.07, 6.45) is -5.11. The number of nitrogens with zero attached hydrogens (tertiary/aromatic N) is 1. The van der Waals surface area contributed by atoms with E-state index in [9.17, 15) is 32.3 Å². The van der Waals surface area contributed by atoms with E-state index in [-0.39, 0.29) is 12.2 Å². The molecule has 0 bridgehead atoms. The molecule has 27 heavy (non-hydrogen) atoms. The fourth-order valence-corrected chi connectivity index (χ4v) is 3.69. The van der Waals surface area contributed by atoms with E-state index in [1.54, 1.807) is 0 Å². The van der Waals surface area contributed by atoms with Crippen molar-refractivity contribution in [2.45, 2.75) is 30.8 Å². The average Bonchev–Trinajstić information content (AvgIpc) is 2.84. The molecule has 2 rings (SSSR count). The highest BCUT2D eigenvalue weighted by Crippen LogP contribution is 2.39. The lowest BCUT2D eigenvalue weighted by atomic mass is 10.1. The summed E-state index contributed by atoms with van der Waals surface area (Å²) in [4.78, 5) is 47.3. The molecule has 7 nitrogen and oxygen atoms in total. The largest absolute Gasteiger partial charge is 0.480 e. The number of anilines is 1. The molecule has 1 fully saturated rings. The number of carboxylic acid groups (broad SMARTS) is 1. The number of halogens is 3. The number of thioether (sulfide) groups is 1. The third-order valence-electron chi connectivity index (χ3n) is 3.70. The van der Waals surface area contributed by atoms with E-state index in [1.807, 2.05) is 0 Å². The summed E-state index contributed by atoms with van der Waals surface area (Å²) in [5.74, 6) is -3.78. The number of hydrogen-bond donors (Lipinski definition) is 2. The van der Waals surface area contributed by atoms with Crippen molar-refractivity contribution >= 4 is 41.1 Å². The smallest absolute Gasteiger partial charge is 0.418 e. The molecule has 0 saturated carbocycles. The van der Waals surface area contributed by atoms with Gasteiger partial charge in [0.1, 0.15) is 6.04 Å². The molecule has 3 amide bonds. The maximum Gasteiger partial charge on any atom is 0.418 e. The van der Waals surface area contributed by atoms with Gasteiger partial charge in [-0.1, -0.05) is 12.1 Å². The van der Waals surface area contributed by atoms with E-state index in [2.05, 4.69) is 5.32 Å². The summed E-state index contributed by atoms with van der Waals surface area (Å²) < 4.78 is 39.5. The maximum atomic E-state index is 13.2. The van der Waals surface area contributed by atoms with Crippen LogP contribution in [-0.2, 0) is 25.4 Å². The van der Waals surface area contributed by atoms with E-state index in [1.165, 1.54) is 6.07 Å². The van der Waals surface area contributed by atoms with Crippen LogP contribution in [0.4, 0.5) is 18.9 Å². The van der Waals surface area contributed by atoms with Gasteiger partial charge in [0, 0.05) is 19.1 Å². The minimum Gasteiger partial charge on any atom is -0.480 e. The molecule has 2 atom stereocenters. The molecule has 1 aromatic carbocycles. The Bertz CT molecular complexity index is 784. The normalized spacial score (nSPS) is 18.5. The highest BCUT2D eigenvalue weighted by atomic mass is 32.2. The van der Waals surface area contributed by atoms with Crippen molar-refractivity contribution in [1.82, 2.24) is 5.32 Å². The third-order valence-corrected chi connectivity index (χ3v) is 4.99. The average molecular weight is 404 g/mol. The Morgan fingerprint density at radius 2 is 1.96 bits per heavy atom. The standard InChI is InChI=1S/C16H15F3N2O5S/c1-8(22)20-10(15(25)26)7-27-12-6-13(23)21(14(12)24)11-5-3-2-4-9(11)16(17,18)19/h2-5,10,12H,6-7H2,1H3,(H,20,22)(H,25,26). The fraction of sp³-hybridized carbons (Fsp3) is 0.375. The second-order valence-electron chi connectivity index (χ2n) is 5.70. The second-order valence-corrected chi connectivity index (χ2v) is 6.94. The number of carbonyl (C=O) groups excluding carboxylic acids is 3. The summed E-state index contributed by atoms with van der Waals surface area (Å²) in [6, 6.07) is 2.94. The molecule has 1 aromatic rings. The Balaban J connectivity index is 2.19. The van der Waals surface area contributed by atoms with Gasteiger partial charge in [0.25, 0.3) is 0 Å². The number of carbonyl (C=O) groups is 4. The van der Waals surface area contributed by atoms with Gasteiger partial charge in [-0.05, 0) is 12.1 Å². The van der Waals surface area contributed by atoms with Gasteiger partial charge < -0.3 is 10.4 Å². The minimum atomic E-state index is -4.75. The summed E-state index contributed by atoms with van der Waals surface area (Å²) in [5.41, 5.74) is -1.67. The number of imide groups is 1. The molecule has 0 radical (unpaired) electrons. The van der Waals surface area contributed by atoms with Crippen LogP contribution in [0.15, 0.2) is 24.3 Å². The van der Waals surface area contributed by atoms with E-state index in [0.717, 1.165) is 36.9 Å². The molecule has 2 N–H and O–H groups in total. The molecule has 1 aliphatic rings. The first-order valence-electron chi connectivity index (χ1n) is 7.67. The van der Waals surface area contributed by atoms with Gasteiger partial charge in [-0.3, -0.25) is 14.4 Å². The van der Waals surface area contributed by atoms with Gasteiger partial charge in [-0.25, -0.2) is 9.69 Å².